The number of ether oxygens (including phenoxy) is 3. The van der Waals surface area contributed by atoms with Gasteiger partial charge in [0.05, 0.1) is 23.8 Å². The van der Waals surface area contributed by atoms with Gasteiger partial charge in [-0.1, -0.05) is 12.1 Å². The van der Waals surface area contributed by atoms with Crippen LogP contribution in [0.1, 0.15) is 47.9 Å². The molecule has 2 unspecified atom stereocenters. The number of hydrogen-bond acceptors (Lipinski definition) is 8. The zero-order chi connectivity index (χ0) is 19.2. The lowest BCUT2D eigenvalue weighted by Crippen LogP contribution is -2.30. The third-order valence-electron chi connectivity index (χ3n) is 3.59. The first-order chi connectivity index (χ1) is 12.3. The van der Waals surface area contributed by atoms with E-state index in [9.17, 15) is 14.7 Å². The number of carbonyl (C=O) groups excluding carboxylic acids is 2. The average Bonchev–Trinajstić information content (AvgIpc) is 3.10. The van der Waals surface area contributed by atoms with Crippen LogP contribution in [0.4, 0.5) is 0 Å². The van der Waals surface area contributed by atoms with Crippen molar-refractivity contribution < 1.29 is 38.7 Å². The standard InChI is InChI=1S/C18H24O8/c1-12(19)8-18(2,3)26-25-17(21)15-7-5-4-6-14(15)16(20)23-10-13-9-22-11-24-13/h4-7,12-13,19H,8-11H2,1-3H3. The normalized spacial score (nSPS) is 18.4. The van der Waals surface area contributed by atoms with Crippen molar-refractivity contribution in [2.24, 2.45) is 0 Å². The van der Waals surface area contributed by atoms with Gasteiger partial charge in [0, 0.05) is 6.42 Å². The molecule has 1 N–H and O–H groups in total. The van der Waals surface area contributed by atoms with Crippen LogP contribution in [-0.2, 0) is 24.0 Å². The van der Waals surface area contributed by atoms with Crippen molar-refractivity contribution in [3.8, 4) is 0 Å². The van der Waals surface area contributed by atoms with Gasteiger partial charge in [0.2, 0.25) is 0 Å². The van der Waals surface area contributed by atoms with Gasteiger partial charge < -0.3 is 19.3 Å². The maximum Gasteiger partial charge on any atom is 0.373 e. The molecule has 2 atom stereocenters. The van der Waals surface area contributed by atoms with Crippen molar-refractivity contribution in [3.63, 3.8) is 0 Å². The monoisotopic (exact) mass is 368 g/mol. The third kappa shape index (κ3) is 6.06. The smallest absolute Gasteiger partial charge is 0.373 e. The highest BCUT2D eigenvalue weighted by Gasteiger charge is 2.27. The minimum absolute atomic E-state index is 0.0222. The van der Waals surface area contributed by atoms with Gasteiger partial charge >= 0.3 is 11.9 Å². The number of aliphatic hydroxyl groups excluding tert-OH is 1. The lowest BCUT2D eigenvalue weighted by Gasteiger charge is -2.24. The fourth-order valence-electron chi connectivity index (χ4n) is 2.49. The lowest BCUT2D eigenvalue weighted by atomic mass is 10.0. The fourth-order valence-corrected chi connectivity index (χ4v) is 2.49. The lowest BCUT2D eigenvalue weighted by molar-refractivity contribution is -0.311. The Labute approximate surface area is 151 Å². The molecule has 0 saturated carbocycles. The Bertz CT molecular complexity index is 619. The van der Waals surface area contributed by atoms with Gasteiger partial charge in [-0.25, -0.2) is 9.59 Å². The van der Waals surface area contributed by atoms with Gasteiger partial charge in [-0.05, 0) is 32.9 Å². The van der Waals surface area contributed by atoms with Crippen LogP contribution in [0, 0.1) is 0 Å². The molecule has 0 aromatic heterocycles. The molecule has 1 aliphatic heterocycles. The van der Waals surface area contributed by atoms with Crippen molar-refractivity contribution in [3.05, 3.63) is 35.4 Å². The zero-order valence-corrected chi connectivity index (χ0v) is 15.1. The summed E-state index contributed by atoms with van der Waals surface area (Å²) in [6.07, 6.45) is -0.664. The third-order valence-corrected chi connectivity index (χ3v) is 3.59. The minimum Gasteiger partial charge on any atom is -0.459 e. The van der Waals surface area contributed by atoms with Crippen molar-refractivity contribution in [1.29, 1.82) is 0 Å². The van der Waals surface area contributed by atoms with Crippen LogP contribution in [0.3, 0.4) is 0 Å². The Morgan fingerprint density at radius 2 is 1.92 bits per heavy atom. The molecule has 1 aromatic rings. The highest BCUT2D eigenvalue weighted by Crippen LogP contribution is 2.19. The topological polar surface area (TPSA) is 101 Å². The summed E-state index contributed by atoms with van der Waals surface area (Å²) in [7, 11) is 0. The highest BCUT2D eigenvalue weighted by atomic mass is 17.2. The summed E-state index contributed by atoms with van der Waals surface area (Å²) in [6, 6.07) is 6.12. The molecule has 0 bridgehead atoms. The summed E-state index contributed by atoms with van der Waals surface area (Å²) < 4.78 is 15.4. The molecule has 8 heteroatoms. The number of esters is 1. The summed E-state index contributed by atoms with van der Waals surface area (Å²) in [4.78, 5) is 34.6. The first kappa shape index (κ1) is 20.3. The quantitative estimate of drug-likeness (QED) is 0.422. The van der Waals surface area contributed by atoms with Crippen LogP contribution in [0.25, 0.3) is 0 Å². The molecule has 1 heterocycles. The van der Waals surface area contributed by atoms with Gasteiger partial charge in [0.15, 0.2) is 0 Å². The van der Waals surface area contributed by atoms with Crippen LogP contribution in [-0.4, -0.2) is 54.9 Å². The van der Waals surface area contributed by atoms with Crippen LogP contribution in [0.5, 0.6) is 0 Å². The number of hydrogen-bond donors (Lipinski definition) is 1. The van der Waals surface area contributed by atoms with E-state index < -0.39 is 23.6 Å². The second-order valence-corrected chi connectivity index (χ2v) is 6.69. The molecule has 0 aliphatic carbocycles. The minimum atomic E-state index is -0.876. The van der Waals surface area contributed by atoms with E-state index in [0.29, 0.717) is 6.61 Å². The Kier molecular flexibility index (Phi) is 7.10. The largest absolute Gasteiger partial charge is 0.459 e. The molecule has 1 aliphatic rings. The summed E-state index contributed by atoms with van der Waals surface area (Å²) in [6.45, 7) is 5.51. The Hall–Kier alpha value is -2.00. The summed E-state index contributed by atoms with van der Waals surface area (Å²) >= 11 is 0. The first-order valence-corrected chi connectivity index (χ1v) is 8.32. The molecular formula is C18H24O8. The maximum absolute atomic E-state index is 12.3. The molecule has 1 saturated heterocycles. The predicted octanol–water partition coefficient (Wildman–Crippen LogP) is 1.85. The maximum atomic E-state index is 12.3. The molecule has 0 radical (unpaired) electrons. The zero-order valence-electron chi connectivity index (χ0n) is 15.1. The van der Waals surface area contributed by atoms with Gasteiger partial charge in [-0.15, -0.1) is 0 Å². The highest BCUT2D eigenvalue weighted by molar-refractivity contribution is 6.02. The van der Waals surface area contributed by atoms with E-state index in [4.69, 9.17) is 24.0 Å². The molecule has 2 rings (SSSR count). The molecule has 0 spiro atoms. The van der Waals surface area contributed by atoms with Gasteiger partial charge in [-0.3, -0.25) is 4.89 Å². The van der Waals surface area contributed by atoms with Gasteiger partial charge in [0.25, 0.3) is 0 Å². The second-order valence-electron chi connectivity index (χ2n) is 6.69. The second kappa shape index (κ2) is 9.09. The molecule has 26 heavy (non-hydrogen) atoms. The van der Waals surface area contributed by atoms with Crippen molar-refractivity contribution in [2.75, 3.05) is 20.0 Å². The van der Waals surface area contributed by atoms with Gasteiger partial charge in [0.1, 0.15) is 25.1 Å². The van der Waals surface area contributed by atoms with Crippen LogP contribution >= 0.6 is 0 Å². The summed E-state index contributed by atoms with van der Waals surface area (Å²) in [5.74, 6) is -1.49. The average molecular weight is 368 g/mol. The van der Waals surface area contributed by atoms with Crippen molar-refractivity contribution in [2.45, 2.75) is 45.0 Å². The summed E-state index contributed by atoms with van der Waals surface area (Å²) in [5.41, 5.74) is -0.790. The van der Waals surface area contributed by atoms with E-state index in [1.165, 1.54) is 12.1 Å². The Balaban J connectivity index is 1.98. The Morgan fingerprint density at radius 3 is 2.50 bits per heavy atom. The van der Waals surface area contributed by atoms with E-state index in [0.717, 1.165) is 0 Å². The first-order valence-electron chi connectivity index (χ1n) is 8.32. The number of carbonyl (C=O) groups is 2. The van der Waals surface area contributed by atoms with Crippen LogP contribution in [0.2, 0.25) is 0 Å². The van der Waals surface area contributed by atoms with E-state index in [1.54, 1.807) is 32.9 Å². The number of benzene rings is 1. The van der Waals surface area contributed by atoms with Crippen LogP contribution < -0.4 is 0 Å². The molecule has 1 aromatic carbocycles. The van der Waals surface area contributed by atoms with Crippen molar-refractivity contribution in [1.82, 2.24) is 0 Å². The van der Waals surface area contributed by atoms with Crippen LogP contribution in [0.15, 0.2) is 24.3 Å². The fraction of sp³-hybridized carbons (Fsp3) is 0.556. The Morgan fingerprint density at radius 1 is 1.27 bits per heavy atom. The molecular weight excluding hydrogens is 344 g/mol. The van der Waals surface area contributed by atoms with E-state index >= 15 is 0 Å². The summed E-state index contributed by atoms with van der Waals surface area (Å²) in [5, 5.41) is 9.44. The van der Waals surface area contributed by atoms with E-state index in [1.807, 2.05) is 0 Å². The number of aliphatic hydroxyl groups is 1. The molecule has 8 nitrogen and oxygen atoms in total. The van der Waals surface area contributed by atoms with Gasteiger partial charge in [-0.2, -0.15) is 4.89 Å². The SMILES string of the molecule is CC(O)CC(C)(C)OOC(=O)c1ccccc1C(=O)OCC1COCO1. The molecule has 144 valence electrons. The van der Waals surface area contributed by atoms with Crippen molar-refractivity contribution >= 4 is 11.9 Å². The molecule has 0 amide bonds. The number of rotatable bonds is 8. The molecule has 1 fully saturated rings. The van der Waals surface area contributed by atoms with E-state index in [2.05, 4.69) is 0 Å². The predicted molar refractivity (Wildman–Crippen MR) is 89.3 cm³/mol. The van der Waals surface area contributed by atoms with E-state index in [-0.39, 0.29) is 37.1 Å².